The maximum Gasteiger partial charge on any atom is 0.169 e. The summed E-state index contributed by atoms with van der Waals surface area (Å²) in [4.78, 5) is 0. The van der Waals surface area contributed by atoms with E-state index in [1.807, 2.05) is 41.5 Å². The van der Waals surface area contributed by atoms with Crippen LogP contribution in [0.1, 0.15) is 124 Å². The second-order valence-electron chi connectivity index (χ2n) is 15.5. The molecule has 0 N–H and O–H groups in total. The Morgan fingerprint density at radius 3 is 0.763 bits per heavy atom. The summed E-state index contributed by atoms with van der Waals surface area (Å²) >= 11 is 0. The highest BCUT2D eigenvalue weighted by Crippen LogP contribution is 2.38. The Morgan fingerprint density at radius 2 is 0.632 bits per heavy atom. The molecule has 38 heavy (non-hydrogen) atoms. The van der Waals surface area contributed by atoms with E-state index in [0.717, 1.165) is 0 Å². The number of rotatable bonds is 6. The molecule has 0 aromatic rings. The molecule has 4 unspecified atom stereocenters. The van der Waals surface area contributed by atoms with E-state index in [4.69, 9.17) is 0 Å². The Bertz CT molecular complexity index is 936. The maximum atomic E-state index is 9.36. The van der Waals surface area contributed by atoms with Gasteiger partial charge in [0.1, 0.15) is 0 Å². The Kier molecular flexibility index (Phi) is 12.1. The van der Waals surface area contributed by atoms with Crippen LogP contribution in [0.25, 0.3) is 0 Å². The van der Waals surface area contributed by atoms with E-state index in [9.17, 15) is 21.0 Å². The molecule has 0 rings (SSSR count). The zero-order valence-corrected chi connectivity index (χ0v) is 27.0. The second-order valence-corrected chi connectivity index (χ2v) is 15.5. The fourth-order valence-corrected chi connectivity index (χ4v) is 3.36. The Morgan fingerprint density at radius 1 is 0.395 bits per heavy atom. The highest BCUT2D eigenvalue weighted by Gasteiger charge is 2.42. The first-order chi connectivity index (χ1) is 16.6. The minimum absolute atomic E-state index is 0.0173. The smallest absolute Gasteiger partial charge is 0.169 e. The maximum absolute atomic E-state index is 9.36. The van der Waals surface area contributed by atoms with Gasteiger partial charge in [-0.05, 0) is 51.4 Å². The quantitative estimate of drug-likeness (QED) is 0.319. The summed E-state index contributed by atoms with van der Waals surface area (Å²) in [5.41, 5.74) is -4.33. The molecule has 0 amide bonds. The van der Waals surface area contributed by atoms with Crippen molar-refractivity contribution in [2.75, 3.05) is 0 Å². The molecule has 0 aliphatic carbocycles. The first-order valence-electron chi connectivity index (χ1n) is 13.1. The zero-order chi connectivity index (χ0) is 31.1. The van der Waals surface area contributed by atoms with E-state index < -0.39 is 22.2 Å². The van der Waals surface area contributed by atoms with Crippen molar-refractivity contribution >= 4 is 0 Å². The van der Waals surface area contributed by atoms with Gasteiger partial charge in [-0.25, -0.2) is 0 Å². The van der Waals surface area contributed by atoms with Crippen LogP contribution in [-0.2, 0) is 0 Å². The number of nitrogens with zero attached hydrogens (tertiary/aromatic N) is 8. The largest absolute Gasteiger partial charge is 0.196 e. The van der Waals surface area contributed by atoms with Gasteiger partial charge in [0, 0.05) is 10.8 Å². The lowest BCUT2D eigenvalue weighted by molar-refractivity contribution is 0.223. The molecule has 8 heteroatoms. The third-order valence-electron chi connectivity index (χ3n) is 6.53. The van der Waals surface area contributed by atoms with Crippen LogP contribution in [0.3, 0.4) is 0 Å². The SMILES string of the molecule is CC(C)(C)C(C)(C#N)N=NC(C)(C#N)C(C)(C)C.CC(C)(C)CC(C)(C#N)N=NC(C)(C#N)CC(C)(C)C. The normalized spacial score (nSPS) is 19.3. The van der Waals surface area contributed by atoms with Gasteiger partial charge in [0.2, 0.25) is 0 Å². The predicted octanol–water partition coefficient (Wildman–Crippen LogP) is 8.97. The van der Waals surface area contributed by atoms with Crippen molar-refractivity contribution < 1.29 is 0 Å². The van der Waals surface area contributed by atoms with Crippen LogP contribution in [0, 0.1) is 67.0 Å². The Labute approximate surface area is 233 Å². The summed E-state index contributed by atoms with van der Waals surface area (Å²) in [6.45, 7) is 31.1. The summed E-state index contributed by atoms with van der Waals surface area (Å²) in [6, 6.07) is 8.84. The third-order valence-corrected chi connectivity index (χ3v) is 6.53. The molecular formula is C30H52N8. The summed E-state index contributed by atoms with van der Waals surface area (Å²) in [6.07, 6.45) is 1.22. The predicted molar refractivity (Wildman–Crippen MR) is 153 cm³/mol. The lowest BCUT2D eigenvalue weighted by Gasteiger charge is -2.34. The van der Waals surface area contributed by atoms with Crippen LogP contribution in [0.2, 0.25) is 0 Å². The minimum atomic E-state index is -0.934. The van der Waals surface area contributed by atoms with Gasteiger partial charge in [-0.1, -0.05) is 83.1 Å². The first kappa shape index (κ1) is 37.3. The zero-order valence-electron chi connectivity index (χ0n) is 27.0. The summed E-state index contributed by atoms with van der Waals surface area (Å²) in [5.74, 6) is 0. The molecule has 0 aromatic heterocycles. The molecule has 0 fully saturated rings. The Hall–Kier alpha value is -2.84. The van der Waals surface area contributed by atoms with Gasteiger partial charge in [0.25, 0.3) is 0 Å². The van der Waals surface area contributed by atoms with E-state index in [2.05, 4.69) is 86.3 Å². The van der Waals surface area contributed by atoms with Crippen LogP contribution in [0.4, 0.5) is 0 Å². The van der Waals surface area contributed by atoms with Gasteiger partial charge in [0.15, 0.2) is 22.2 Å². The van der Waals surface area contributed by atoms with Crippen molar-refractivity contribution in [1.82, 2.24) is 0 Å². The first-order valence-corrected chi connectivity index (χ1v) is 13.1. The number of nitriles is 4. The topological polar surface area (TPSA) is 145 Å². The fourth-order valence-electron chi connectivity index (χ4n) is 3.36. The minimum Gasteiger partial charge on any atom is -0.196 e. The lowest BCUT2D eigenvalue weighted by atomic mass is 9.75. The standard InChI is InChI=1S/C16H28N4.C14H24N4/c1-13(2,3)9-15(7,11-17)19-20-16(8,12-18)10-14(4,5)6;1-11(2,3)13(7,9-15)17-18-14(8,10-16)12(4,5)6/h9-10H2,1-8H3;1-8H3. The lowest BCUT2D eigenvalue weighted by Crippen LogP contribution is -2.40. The molecule has 0 heterocycles. The van der Waals surface area contributed by atoms with E-state index in [-0.39, 0.29) is 21.7 Å². The molecule has 0 aromatic carbocycles. The summed E-state index contributed by atoms with van der Waals surface area (Å²) in [7, 11) is 0. The molecule has 0 saturated heterocycles. The Balaban J connectivity index is 0. The van der Waals surface area contributed by atoms with Crippen molar-refractivity contribution in [3.8, 4) is 24.3 Å². The molecular weight excluding hydrogens is 472 g/mol. The second kappa shape index (κ2) is 12.3. The molecule has 0 aliphatic rings. The fraction of sp³-hybridized carbons (Fsp3) is 0.867. The van der Waals surface area contributed by atoms with Crippen LogP contribution < -0.4 is 0 Å². The van der Waals surface area contributed by atoms with Crippen molar-refractivity contribution in [2.24, 2.45) is 42.1 Å². The molecule has 4 atom stereocenters. The van der Waals surface area contributed by atoms with E-state index in [1.165, 1.54) is 0 Å². The highest BCUT2D eigenvalue weighted by molar-refractivity contribution is 5.14. The van der Waals surface area contributed by atoms with E-state index in [0.29, 0.717) is 12.8 Å². The average Bonchev–Trinajstić information content (AvgIpc) is 2.72. The summed E-state index contributed by atoms with van der Waals surface area (Å²) < 4.78 is 0. The molecule has 0 aliphatic heterocycles. The third kappa shape index (κ3) is 12.1. The van der Waals surface area contributed by atoms with Crippen LogP contribution in [-0.4, -0.2) is 22.2 Å². The number of azo groups is 2. The monoisotopic (exact) mass is 524 g/mol. The van der Waals surface area contributed by atoms with Crippen molar-refractivity contribution in [3.63, 3.8) is 0 Å². The van der Waals surface area contributed by atoms with Gasteiger partial charge in [-0.2, -0.15) is 41.5 Å². The summed E-state index contributed by atoms with van der Waals surface area (Å²) in [5, 5.41) is 54.2. The molecule has 0 radical (unpaired) electrons. The van der Waals surface area contributed by atoms with Gasteiger partial charge in [-0.3, -0.25) is 0 Å². The molecule has 0 spiro atoms. The van der Waals surface area contributed by atoms with E-state index in [1.54, 1.807) is 27.7 Å². The molecule has 8 nitrogen and oxygen atoms in total. The number of hydrogen-bond acceptors (Lipinski definition) is 8. The molecule has 212 valence electrons. The molecule has 0 saturated carbocycles. The highest BCUT2D eigenvalue weighted by atomic mass is 15.2. The van der Waals surface area contributed by atoms with Gasteiger partial charge >= 0.3 is 0 Å². The molecule has 0 bridgehead atoms. The van der Waals surface area contributed by atoms with E-state index >= 15 is 0 Å². The average molecular weight is 525 g/mol. The van der Waals surface area contributed by atoms with Gasteiger partial charge in [0.05, 0.1) is 24.3 Å². The van der Waals surface area contributed by atoms with Crippen LogP contribution in [0.15, 0.2) is 20.5 Å². The van der Waals surface area contributed by atoms with Crippen LogP contribution in [0.5, 0.6) is 0 Å². The van der Waals surface area contributed by atoms with Crippen molar-refractivity contribution in [3.05, 3.63) is 0 Å². The van der Waals surface area contributed by atoms with Gasteiger partial charge in [-0.15, -0.1) is 0 Å². The number of hydrogen-bond donors (Lipinski definition) is 0. The van der Waals surface area contributed by atoms with Gasteiger partial charge < -0.3 is 0 Å². The van der Waals surface area contributed by atoms with Crippen LogP contribution >= 0.6 is 0 Å². The van der Waals surface area contributed by atoms with Crippen molar-refractivity contribution in [1.29, 1.82) is 21.0 Å². The van der Waals surface area contributed by atoms with Crippen molar-refractivity contribution in [2.45, 2.75) is 146 Å².